The molecule has 3 rings (SSSR count). The Labute approximate surface area is 237 Å². The number of halogens is 2. The highest BCUT2D eigenvalue weighted by Crippen LogP contribution is 2.26. The summed E-state index contributed by atoms with van der Waals surface area (Å²) in [5.74, 6) is -1.92. The zero-order valence-electron chi connectivity index (χ0n) is 22.4. The molecule has 0 saturated heterocycles. The zero-order chi connectivity index (χ0) is 29.8. The van der Waals surface area contributed by atoms with Crippen LogP contribution < -0.4 is 15.8 Å². The van der Waals surface area contributed by atoms with E-state index in [4.69, 9.17) is 32.3 Å². The first-order chi connectivity index (χ1) is 18.9. The van der Waals surface area contributed by atoms with Crippen LogP contribution in [0.2, 0.25) is 5.02 Å². The van der Waals surface area contributed by atoms with Gasteiger partial charge in [-0.25, -0.2) is 14.2 Å². The van der Waals surface area contributed by atoms with E-state index in [0.29, 0.717) is 18.0 Å². The molecule has 0 aliphatic rings. The SMILES string of the molecule is CC(C)C[C@H](CN)CC(=O)O.C[C@H](NC(=O)c1cc(Cl)cnc1Oc1cccc(F)c1)c1ccc(C(=O)O)cc1. The molecule has 0 radical (unpaired) electrons. The molecule has 0 aliphatic carbocycles. The summed E-state index contributed by atoms with van der Waals surface area (Å²) in [6.45, 7) is 6.37. The van der Waals surface area contributed by atoms with E-state index >= 15 is 0 Å². The topological polar surface area (TPSA) is 152 Å². The molecule has 40 heavy (non-hydrogen) atoms. The lowest BCUT2D eigenvalue weighted by Gasteiger charge is -2.16. The molecular formula is C29H33ClFN3O6. The Bertz CT molecular complexity index is 1300. The Balaban J connectivity index is 0.000000432. The standard InChI is InChI=1S/C21H16ClFN2O4.C8H17NO2/c1-12(13-5-7-14(8-6-13)21(27)28)25-19(26)18-9-15(22)11-24-20(18)29-17-4-2-3-16(23)10-17;1-6(2)3-7(5-9)4-8(10)11/h2-12H,1H3,(H,25,26)(H,27,28);6-7H,3-5,9H2,1-2H3,(H,10,11)/t12-;7-/m00/s1. The van der Waals surface area contributed by atoms with Crippen LogP contribution in [0, 0.1) is 17.7 Å². The molecule has 5 N–H and O–H groups in total. The lowest BCUT2D eigenvalue weighted by Crippen LogP contribution is -2.27. The van der Waals surface area contributed by atoms with E-state index in [-0.39, 0.29) is 40.1 Å². The minimum Gasteiger partial charge on any atom is -0.481 e. The van der Waals surface area contributed by atoms with Crippen molar-refractivity contribution >= 4 is 29.4 Å². The number of nitrogens with one attached hydrogen (secondary N) is 1. The Hall–Kier alpha value is -4.02. The van der Waals surface area contributed by atoms with Crippen molar-refractivity contribution in [2.24, 2.45) is 17.6 Å². The first-order valence-corrected chi connectivity index (χ1v) is 12.9. The van der Waals surface area contributed by atoms with E-state index in [2.05, 4.69) is 24.1 Å². The van der Waals surface area contributed by atoms with Gasteiger partial charge < -0.3 is 26.0 Å². The molecule has 0 fully saturated rings. The number of pyridine rings is 1. The van der Waals surface area contributed by atoms with Crippen LogP contribution in [0.15, 0.2) is 60.8 Å². The maximum absolute atomic E-state index is 13.4. The van der Waals surface area contributed by atoms with Gasteiger partial charge in [0.2, 0.25) is 5.88 Å². The third-order valence-corrected chi connectivity index (χ3v) is 5.89. The maximum atomic E-state index is 13.4. The average molecular weight is 574 g/mol. The van der Waals surface area contributed by atoms with Crippen LogP contribution in [0.5, 0.6) is 11.6 Å². The maximum Gasteiger partial charge on any atom is 0.335 e. The van der Waals surface area contributed by atoms with Crippen molar-refractivity contribution in [3.8, 4) is 11.6 Å². The molecular weight excluding hydrogens is 541 g/mol. The molecule has 3 aromatic rings. The summed E-state index contributed by atoms with van der Waals surface area (Å²) < 4.78 is 19.0. The van der Waals surface area contributed by atoms with Crippen LogP contribution in [0.3, 0.4) is 0 Å². The van der Waals surface area contributed by atoms with E-state index in [1.54, 1.807) is 19.1 Å². The average Bonchev–Trinajstić information content (AvgIpc) is 2.89. The number of carboxylic acids is 2. The van der Waals surface area contributed by atoms with Crippen molar-refractivity contribution in [1.29, 1.82) is 0 Å². The Morgan fingerprint density at radius 1 is 1.07 bits per heavy atom. The fraction of sp³-hybridized carbons (Fsp3) is 0.310. The molecule has 9 nitrogen and oxygen atoms in total. The minimum absolute atomic E-state index is 0.0223. The summed E-state index contributed by atoms with van der Waals surface area (Å²) in [4.78, 5) is 38.1. The van der Waals surface area contributed by atoms with Gasteiger partial charge in [0.15, 0.2) is 0 Å². The molecule has 0 aliphatic heterocycles. The predicted molar refractivity (Wildman–Crippen MR) is 149 cm³/mol. The number of carboxylic acid groups (broad SMARTS) is 2. The zero-order valence-corrected chi connectivity index (χ0v) is 23.2. The van der Waals surface area contributed by atoms with Crippen LogP contribution in [0.25, 0.3) is 0 Å². The van der Waals surface area contributed by atoms with Crippen molar-refractivity contribution in [2.75, 3.05) is 6.54 Å². The number of ether oxygens (including phenoxy) is 1. The predicted octanol–water partition coefficient (Wildman–Crippen LogP) is 5.94. The van der Waals surface area contributed by atoms with Gasteiger partial charge in [-0.1, -0.05) is 43.6 Å². The van der Waals surface area contributed by atoms with Crippen molar-refractivity contribution in [1.82, 2.24) is 10.3 Å². The number of nitrogens with zero attached hydrogens (tertiary/aromatic N) is 1. The number of hydrogen-bond donors (Lipinski definition) is 4. The highest BCUT2D eigenvalue weighted by atomic mass is 35.5. The summed E-state index contributed by atoms with van der Waals surface area (Å²) in [5.41, 5.74) is 6.35. The van der Waals surface area contributed by atoms with E-state index in [1.165, 1.54) is 48.7 Å². The number of hydrogen-bond acceptors (Lipinski definition) is 6. The summed E-state index contributed by atoms with van der Waals surface area (Å²) in [6.07, 6.45) is 2.43. The first-order valence-electron chi connectivity index (χ1n) is 12.5. The smallest absolute Gasteiger partial charge is 0.335 e. The summed E-state index contributed by atoms with van der Waals surface area (Å²) in [5, 5.41) is 20.5. The molecule has 2 atom stereocenters. The second-order valence-electron chi connectivity index (χ2n) is 9.52. The number of carbonyl (C=O) groups is 3. The third-order valence-electron chi connectivity index (χ3n) is 5.68. The van der Waals surface area contributed by atoms with Gasteiger partial charge in [-0.3, -0.25) is 9.59 Å². The van der Waals surface area contributed by atoms with Gasteiger partial charge in [0.05, 0.1) is 16.6 Å². The number of aliphatic carboxylic acids is 1. The Kier molecular flexibility index (Phi) is 12.5. The van der Waals surface area contributed by atoms with Gasteiger partial charge in [0.25, 0.3) is 5.91 Å². The molecule has 0 unspecified atom stereocenters. The van der Waals surface area contributed by atoms with E-state index < -0.39 is 29.7 Å². The number of benzene rings is 2. The summed E-state index contributed by atoms with van der Waals surface area (Å²) in [6, 6.07) is 12.6. The lowest BCUT2D eigenvalue weighted by molar-refractivity contribution is -0.138. The molecule has 2 aromatic carbocycles. The van der Waals surface area contributed by atoms with Gasteiger partial charge in [-0.2, -0.15) is 0 Å². The van der Waals surface area contributed by atoms with Crippen LogP contribution in [0.1, 0.15) is 65.9 Å². The fourth-order valence-corrected chi connectivity index (χ4v) is 3.92. The Morgan fingerprint density at radius 3 is 2.30 bits per heavy atom. The van der Waals surface area contributed by atoms with Crippen LogP contribution in [0.4, 0.5) is 4.39 Å². The van der Waals surface area contributed by atoms with E-state index in [1.807, 2.05) is 0 Å². The summed E-state index contributed by atoms with van der Waals surface area (Å²) >= 11 is 5.98. The lowest BCUT2D eigenvalue weighted by atomic mass is 9.94. The van der Waals surface area contributed by atoms with Crippen LogP contribution in [-0.2, 0) is 4.79 Å². The highest BCUT2D eigenvalue weighted by molar-refractivity contribution is 6.30. The number of amides is 1. The van der Waals surface area contributed by atoms with Crippen LogP contribution >= 0.6 is 11.6 Å². The molecule has 0 saturated carbocycles. The molecule has 1 aromatic heterocycles. The molecule has 1 heterocycles. The second-order valence-corrected chi connectivity index (χ2v) is 9.95. The molecule has 11 heteroatoms. The number of nitrogens with two attached hydrogens (primary N) is 1. The van der Waals surface area contributed by atoms with Crippen molar-refractivity contribution < 1.29 is 33.7 Å². The molecule has 214 valence electrons. The largest absolute Gasteiger partial charge is 0.481 e. The third kappa shape index (κ3) is 10.6. The minimum atomic E-state index is -1.03. The molecule has 0 spiro atoms. The number of aromatic nitrogens is 1. The normalized spacial score (nSPS) is 12.1. The molecule has 0 bridgehead atoms. The van der Waals surface area contributed by atoms with Crippen molar-refractivity contribution in [2.45, 2.75) is 39.7 Å². The number of aromatic carboxylic acids is 1. The van der Waals surface area contributed by atoms with E-state index in [0.717, 1.165) is 6.42 Å². The van der Waals surface area contributed by atoms with Crippen LogP contribution in [-0.4, -0.2) is 39.6 Å². The molecule has 1 amide bonds. The highest BCUT2D eigenvalue weighted by Gasteiger charge is 2.19. The monoisotopic (exact) mass is 573 g/mol. The van der Waals surface area contributed by atoms with Gasteiger partial charge in [0, 0.05) is 18.7 Å². The van der Waals surface area contributed by atoms with E-state index in [9.17, 15) is 18.8 Å². The Morgan fingerprint density at radius 2 is 1.75 bits per heavy atom. The number of carbonyl (C=O) groups excluding carboxylic acids is 1. The van der Waals surface area contributed by atoms with Gasteiger partial charge >= 0.3 is 11.9 Å². The van der Waals surface area contributed by atoms with Gasteiger partial charge in [-0.15, -0.1) is 0 Å². The van der Waals surface area contributed by atoms with Gasteiger partial charge in [-0.05, 0) is 67.6 Å². The fourth-order valence-electron chi connectivity index (χ4n) is 3.76. The second kappa shape index (κ2) is 15.5. The quantitative estimate of drug-likeness (QED) is 0.220. The number of rotatable bonds is 11. The van der Waals surface area contributed by atoms with Crippen molar-refractivity contribution in [3.05, 3.63) is 88.3 Å². The first kappa shape index (κ1) is 32.2. The van der Waals surface area contributed by atoms with Crippen molar-refractivity contribution in [3.63, 3.8) is 0 Å². The summed E-state index contributed by atoms with van der Waals surface area (Å²) in [7, 11) is 0. The van der Waals surface area contributed by atoms with Gasteiger partial charge in [0.1, 0.15) is 17.1 Å².